The van der Waals surface area contributed by atoms with E-state index < -0.39 is 0 Å². The summed E-state index contributed by atoms with van der Waals surface area (Å²) in [5.74, 6) is 1.89. The Labute approximate surface area is 179 Å². The van der Waals surface area contributed by atoms with Crippen LogP contribution in [0.3, 0.4) is 0 Å². The van der Waals surface area contributed by atoms with Gasteiger partial charge in [-0.25, -0.2) is 4.98 Å². The fraction of sp³-hybridized carbons (Fsp3) is 0.200. The lowest BCUT2D eigenvalue weighted by molar-refractivity contribution is 0.0939. The summed E-state index contributed by atoms with van der Waals surface area (Å²) in [6.07, 6.45) is 0.609. The Hall–Kier alpha value is -3.80. The van der Waals surface area contributed by atoms with Crippen molar-refractivity contribution < 1.29 is 18.7 Å². The van der Waals surface area contributed by atoms with Gasteiger partial charge in [-0.05, 0) is 48.4 Å². The van der Waals surface area contributed by atoms with Gasteiger partial charge in [0.25, 0.3) is 5.91 Å². The molecule has 1 aliphatic rings. The summed E-state index contributed by atoms with van der Waals surface area (Å²) in [6, 6.07) is 20.9. The maximum absolute atomic E-state index is 12.8. The molecule has 0 fully saturated rings. The Bertz CT molecular complexity index is 1230. The van der Waals surface area contributed by atoms with Crippen LogP contribution in [-0.4, -0.2) is 24.1 Å². The summed E-state index contributed by atoms with van der Waals surface area (Å²) in [7, 11) is 0. The zero-order chi connectivity index (χ0) is 21.2. The fourth-order valence-electron chi connectivity index (χ4n) is 3.65. The minimum Gasteiger partial charge on any atom is -0.486 e. The van der Waals surface area contributed by atoms with Crippen LogP contribution in [0.15, 0.2) is 71.1 Å². The Kier molecular flexibility index (Phi) is 5.04. The van der Waals surface area contributed by atoms with Gasteiger partial charge in [0.1, 0.15) is 18.7 Å². The van der Waals surface area contributed by atoms with Crippen molar-refractivity contribution in [1.82, 2.24) is 10.3 Å². The summed E-state index contributed by atoms with van der Waals surface area (Å²) >= 11 is 0. The van der Waals surface area contributed by atoms with Crippen molar-refractivity contribution in [3.63, 3.8) is 0 Å². The van der Waals surface area contributed by atoms with Gasteiger partial charge in [-0.1, -0.05) is 36.4 Å². The van der Waals surface area contributed by atoms with Crippen molar-refractivity contribution in [3.8, 4) is 11.5 Å². The zero-order valence-electron chi connectivity index (χ0n) is 17.1. The van der Waals surface area contributed by atoms with E-state index in [0.717, 1.165) is 22.4 Å². The van der Waals surface area contributed by atoms with Gasteiger partial charge in [0.05, 0.1) is 6.04 Å². The Morgan fingerprint density at radius 2 is 1.81 bits per heavy atom. The van der Waals surface area contributed by atoms with Gasteiger partial charge < -0.3 is 19.2 Å². The lowest BCUT2D eigenvalue weighted by Gasteiger charge is -2.21. The summed E-state index contributed by atoms with van der Waals surface area (Å²) in [4.78, 5) is 17.4. The molecule has 0 saturated heterocycles. The van der Waals surface area contributed by atoms with E-state index >= 15 is 0 Å². The van der Waals surface area contributed by atoms with Crippen LogP contribution in [-0.2, 0) is 6.42 Å². The number of hydrogen-bond donors (Lipinski definition) is 1. The normalized spacial score (nSPS) is 13.7. The molecule has 1 amide bonds. The smallest absolute Gasteiger partial charge is 0.251 e. The van der Waals surface area contributed by atoms with Crippen molar-refractivity contribution >= 4 is 17.0 Å². The molecule has 6 heteroatoms. The number of oxazole rings is 1. The highest BCUT2D eigenvalue weighted by Crippen LogP contribution is 2.32. The molecular weight excluding hydrogens is 392 g/mol. The third-order valence-corrected chi connectivity index (χ3v) is 5.31. The maximum atomic E-state index is 12.8. The highest BCUT2D eigenvalue weighted by Gasteiger charge is 2.17. The summed E-state index contributed by atoms with van der Waals surface area (Å²) in [6.45, 7) is 3.02. The van der Waals surface area contributed by atoms with Gasteiger partial charge in [-0.2, -0.15) is 0 Å². The number of nitrogens with one attached hydrogen (secondary N) is 1. The molecule has 0 aliphatic carbocycles. The predicted molar refractivity (Wildman–Crippen MR) is 117 cm³/mol. The Balaban J connectivity index is 1.31. The standard InChI is InChI=1S/C25H22N2O4/c1-16(18-8-10-21-23(14-18)30-12-11-29-21)26-25(28)19-7-9-20-22(15-19)31-24(27-20)13-17-5-3-2-4-6-17/h2-10,14-16H,11-13H2,1H3,(H,26,28)/t16-/m1/s1. The summed E-state index contributed by atoms with van der Waals surface area (Å²) in [5.41, 5.74) is 3.94. The molecule has 5 rings (SSSR count). The number of benzene rings is 3. The number of fused-ring (bicyclic) bond motifs is 2. The van der Waals surface area contributed by atoms with Gasteiger partial charge >= 0.3 is 0 Å². The summed E-state index contributed by atoms with van der Waals surface area (Å²) < 4.78 is 17.1. The number of carbonyl (C=O) groups excluding carboxylic acids is 1. The molecule has 2 heterocycles. The molecular formula is C25H22N2O4. The number of aromatic nitrogens is 1. The number of rotatable bonds is 5. The molecule has 0 spiro atoms. The van der Waals surface area contributed by atoms with E-state index in [4.69, 9.17) is 13.9 Å². The monoisotopic (exact) mass is 414 g/mol. The lowest BCUT2D eigenvalue weighted by Crippen LogP contribution is -2.26. The molecule has 0 radical (unpaired) electrons. The SMILES string of the molecule is C[C@@H](NC(=O)c1ccc2nc(Cc3ccccc3)oc2c1)c1ccc2c(c1)OCCO2. The molecule has 0 saturated carbocycles. The van der Waals surface area contributed by atoms with E-state index in [1.807, 2.05) is 61.5 Å². The first-order valence-electron chi connectivity index (χ1n) is 10.3. The van der Waals surface area contributed by atoms with Crippen LogP contribution >= 0.6 is 0 Å². The number of ether oxygens (including phenoxy) is 2. The van der Waals surface area contributed by atoms with Crippen LogP contribution in [0.25, 0.3) is 11.1 Å². The van der Waals surface area contributed by atoms with Gasteiger partial charge in [0.15, 0.2) is 23.0 Å². The lowest BCUT2D eigenvalue weighted by atomic mass is 10.1. The van der Waals surface area contributed by atoms with Crippen LogP contribution in [0.5, 0.6) is 11.5 Å². The average molecular weight is 414 g/mol. The van der Waals surface area contributed by atoms with Gasteiger partial charge in [-0.3, -0.25) is 4.79 Å². The number of hydrogen-bond acceptors (Lipinski definition) is 5. The van der Waals surface area contributed by atoms with Gasteiger partial charge in [0, 0.05) is 12.0 Å². The van der Waals surface area contributed by atoms with E-state index in [9.17, 15) is 4.79 Å². The molecule has 6 nitrogen and oxygen atoms in total. The van der Waals surface area contributed by atoms with Crippen LogP contribution in [0.2, 0.25) is 0 Å². The van der Waals surface area contributed by atoms with E-state index in [1.165, 1.54) is 0 Å². The third-order valence-electron chi connectivity index (χ3n) is 5.31. The fourth-order valence-corrected chi connectivity index (χ4v) is 3.65. The highest BCUT2D eigenvalue weighted by atomic mass is 16.6. The second kappa shape index (κ2) is 8.14. The third kappa shape index (κ3) is 4.10. The van der Waals surface area contributed by atoms with Crippen molar-refractivity contribution in [2.75, 3.05) is 13.2 Å². The van der Waals surface area contributed by atoms with Crippen LogP contribution in [0.1, 0.15) is 40.3 Å². The zero-order valence-corrected chi connectivity index (χ0v) is 17.1. The average Bonchev–Trinajstić information content (AvgIpc) is 3.20. The van der Waals surface area contributed by atoms with E-state index in [2.05, 4.69) is 10.3 Å². The molecule has 31 heavy (non-hydrogen) atoms. The van der Waals surface area contributed by atoms with Crippen LogP contribution in [0, 0.1) is 0 Å². The van der Waals surface area contributed by atoms with Crippen molar-refractivity contribution in [2.45, 2.75) is 19.4 Å². The van der Waals surface area contributed by atoms with Gasteiger partial charge in [-0.15, -0.1) is 0 Å². The second-order valence-corrected chi connectivity index (χ2v) is 7.55. The first-order valence-corrected chi connectivity index (χ1v) is 10.3. The Morgan fingerprint density at radius 3 is 2.65 bits per heavy atom. The number of nitrogens with zero attached hydrogens (tertiary/aromatic N) is 1. The van der Waals surface area contributed by atoms with E-state index in [1.54, 1.807) is 12.1 Å². The topological polar surface area (TPSA) is 73.6 Å². The molecule has 0 unspecified atom stereocenters. The minimum atomic E-state index is -0.192. The first kappa shape index (κ1) is 19.2. The predicted octanol–water partition coefficient (Wildman–Crippen LogP) is 4.68. The molecule has 1 atom stereocenters. The van der Waals surface area contributed by atoms with E-state index in [-0.39, 0.29) is 11.9 Å². The minimum absolute atomic E-state index is 0.176. The van der Waals surface area contributed by atoms with Crippen molar-refractivity contribution in [1.29, 1.82) is 0 Å². The quantitative estimate of drug-likeness (QED) is 0.513. The number of carbonyl (C=O) groups is 1. The molecule has 0 bridgehead atoms. The molecule has 4 aromatic rings. The summed E-state index contributed by atoms with van der Waals surface area (Å²) in [5, 5.41) is 3.03. The maximum Gasteiger partial charge on any atom is 0.251 e. The largest absolute Gasteiger partial charge is 0.486 e. The van der Waals surface area contributed by atoms with Crippen molar-refractivity contribution in [3.05, 3.63) is 89.3 Å². The van der Waals surface area contributed by atoms with Crippen LogP contribution < -0.4 is 14.8 Å². The number of amides is 1. The molecule has 3 aromatic carbocycles. The second-order valence-electron chi connectivity index (χ2n) is 7.55. The molecule has 1 aromatic heterocycles. The van der Waals surface area contributed by atoms with E-state index in [0.29, 0.717) is 42.4 Å². The Morgan fingerprint density at radius 1 is 1.00 bits per heavy atom. The molecule has 156 valence electrons. The van der Waals surface area contributed by atoms with Crippen LogP contribution in [0.4, 0.5) is 0 Å². The van der Waals surface area contributed by atoms with Gasteiger partial charge in [0.2, 0.25) is 0 Å². The molecule has 1 N–H and O–H groups in total. The molecule has 1 aliphatic heterocycles. The highest BCUT2D eigenvalue weighted by molar-refractivity contribution is 5.97. The first-order chi connectivity index (χ1) is 15.2. The van der Waals surface area contributed by atoms with Crippen molar-refractivity contribution in [2.24, 2.45) is 0 Å².